The molecule has 1 fully saturated rings. The van der Waals surface area contributed by atoms with Crippen molar-refractivity contribution >= 4 is 11.6 Å². The van der Waals surface area contributed by atoms with Crippen molar-refractivity contribution in [3.8, 4) is 11.5 Å². The summed E-state index contributed by atoms with van der Waals surface area (Å²) in [5, 5.41) is 6.28. The minimum Gasteiger partial charge on any atom is -0.493 e. The largest absolute Gasteiger partial charge is 0.493 e. The number of nitrogens with zero attached hydrogens (tertiary/aromatic N) is 1. The van der Waals surface area contributed by atoms with Crippen molar-refractivity contribution in [1.29, 1.82) is 0 Å². The Labute approximate surface area is 185 Å². The minimum atomic E-state index is -0.0507. The van der Waals surface area contributed by atoms with E-state index in [1.165, 1.54) is 37.7 Å². The predicted molar refractivity (Wildman–Crippen MR) is 125 cm³/mol. The summed E-state index contributed by atoms with van der Waals surface area (Å²) in [6.07, 6.45) is 6.58. The summed E-state index contributed by atoms with van der Waals surface area (Å²) in [4.78, 5) is 14.9. The third kappa shape index (κ3) is 6.62. The summed E-state index contributed by atoms with van der Waals surface area (Å²) in [5.74, 6) is 1.28. The van der Waals surface area contributed by atoms with Crippen molar-refractivity contribution in [2.75, 3.05) is 33.1 Å². The van der Waals surface area contributed by atoms with Crippen LogP contribution < -0.4 is 20.1 Å². The highest BCUT2D eigenvalue weighted by atomic mass is 16.5. The summed E-state index contributed by atoms with van der Waals surface area (Å²) in [5.41, 5.74) is 3.20. The number of hydrogen-bond acceptors (Lipinski definition) is 5. The Morgan fingerprint density at radius 3 is 2.52 bits per heavy atom. The maximum absolute atomic E-state index is 12.4. The molecule has 0 saturated heterocycles. The first-order valence-corrected chi connectivity index (χ1v) is 11.1. The SMILES string of the molecule is COc1ccc(CNC(=O)CNc2ccccc2CN(C)C2CCCCC2)cc1OC. The number of methoxy groups -OCH3 is 2. The predicted octanol–water partition coefficient (Wildman–Crippen LogP) is 4.20. The molecule has 1 saturated carbocycles. The molecule has 0 radical (unpaired) electrons. The van der Waals surface area contributed by atoms with Crippen LogP contribution in [0.3, 0.4) is 0 Å². The number of anilines is 1. The van der Waals surface area contributed by atoms with Crippen LogP contribution in [0.15, 0.2) is 42.5 Å². The fourth-order valence-corrected chi connectivity index (χ4v) is 4.18. The van der Waals surface area contributed by atoms with Crippen molar-refractivity contribution in [2.24, 2.45) is 0 Å². The van der Waals surface area contributed by atoms with Gasteiger partial charge >= 0.3 is 0 Å². The zero-order valence-corrected chi connectivity index (χ0v) is 18.9. The highest BCUT2D eigenvalue weighted by molar-refractivity contribution is 5.81. The first-order chi connectivity index (χ1) is 15.1. The Kier molecular flexibility index (Phi) is 8.59. The maximum atomic E-state index is 12.4. The fraction of sp³-hybridized carbons (Fsp3) is 0.480. The molecule has 1 amide bonds. The maximum Gasteiger partial charge on any atom is 0.239 e. The van der Waals surface area contributed by atoms with Gasteiger partial charge in [-0.15, -0.1) is 0 Å². The van der Waals surface area contributed by atoms with E-state index >= 15 is 0 Å². The van der Waals surface area contributed by atoms with Gasteiger partial charge < -0.3 is 20.1 Å². The van der Waals surface area contributed by atoms with E-state index in [2.05, 4.69) is 34.7 Å². The average Bonchev–Trinajstić information content (AvgIpc) is 2.82. The molecule has 6 nitrogen and oxygen atoms in total. The van der Waals surface area contributed by atoms with Crippen molar-refractivity contribution in [3.63, 3.8) is 0 Å². The van der Waals surface area contributed by atoms with Crippen molar-refractivity contribution in [1.82, 2.24) is 10.2 Å². The van der Waals surface area contributed by atoms with E-state index < -0.39 is 0 Å². The van der Waals surface area contributed by atoms with Gasteiger partial charge in [-0.3, -0.25) is 9.69 Å². The monoisotopic (exact) mass is 425 g/mol. The molecule has 6 heteroatoms. The Hall–Kier alpha value is -2.73. The quantitative estimate of drug-likeness (QED) is 0.597. The summed E-state index contributed by atoms with van der Waals surface area (Å²) < 4.78 is 10.6. The molecule has 0 aliphatic heterocycles. The van der Waals surface area contributed by atoms with E-state index in [1.54, 1.807) is 14.2 Å². The molecule has 1 aliphatic carbocycles. The Balaban J connectivity index is 1.51. The lowest BCUT2D eigenvalue weighted by molar-refractivity contribution is -0.119. The van der Waals surface area contributed by atoms with E-state index in [-0.39, 0.29) is 12.5 Å². The normalized spacial score (nSPS) is 14.3. The lowest BCUT2D eigenvalue weighted by Gasteiger charge is -2.31. The number of hydrogen-bond donors (Lipinski definition) is 2. The van der Waals surface area contributed by atoms with Crippen LogP contribution in [0.5, 0.6) is 11.5 Å². The van der Waals surface area contributed by atoms with Crippen molar-refractivity contribution in [3.05, 3.63) is 53.6 Å². The van der Waals surface area contributed by atoms with Crippen LogP contribution in [-0.2, 0) is 17.9 Å². The van der Waals surface area contributed by atoms with Crippen LogP contribution in [0.2, 0.25) is 0 Å². The van der Waals surface area contributed by atoms with Gasteiger partial charge in [-0.1, -0.05) is 43.5 Å². The van der Waals surface area contributed by atoms with Crippen LogP contribution >= 0.6 is 0 Å². The van der Waals surface area contributed by atoms with Gasteiger partial charge in [-0.25, -0.2) is 0 Å². The van der Waals surface area contributed by atoms with E-state index in [0.717, 1.165) is 17.8 Å². The highest BCUT2D eigenvalue weighted by Gasteiger charge is 2.18. The molecule has 0 unspecified atom stereocenters. The Morgan fingerprint density at radius 2 is 1.77 bits per heavy atom. The molecule has 1 aliphatic rings. The number of carbonyl (C=O) groups is 1. The molecule has 168 valence electrons. The van der Waals surface area contributed by atoms with Gasteiger partial charge in [-0.2, -0.15) is 0 Å². The third-order valence-electron chi connectivity index (χ3n) is 6.01. The number of nitrogens with one attached hydrogen (secondary N) is 2. The molecule has 31 heavy (non-hydrogen) atoms. The molecule has 0 bridgehead atoms. The smallest absolute Gasteiger partial charge is 0.239 e. The van der Waals surface area contributed by atoms with Crippen molar-refractivity contribution < 1.29 is 14.3 Å². The minimum absolute atomic E-state index is 0.0507. The van der Waals surface area contributed by atoms with Gasteiger partial charge in [0.15, 0.2) is 11.5 Å². The fourth-order valence-electron chi connectivity index (χ4n) is 4.18. The molecule has 3 rings (SSSR count). The molecule has 0 aromatic heterocycles. The van der Waals surface area contributed by atoms with E-state index in [9.17, 15) is 4.79 Å². The number of benzene rings is 2. The van der Waals surface area contributed by atoms with Crippen molar-refractivity contribution in [2.45, 2.75) is 51.2 Å². The zero-order valence-electron chi connectivity index (χ0n) is 18.9. The second-order valence-corrected chi connectivity index (χ2v) is 8.18. The lowest BCUT2D eigenvalue weighted by atomic mass is 9.94. The number of rotatable bonds is 10. The molecular weight excluding hydrogens is 390 g/mol. The van der Waals surface area contributed by atoms with Crippen LogP contribution in [0.1, 0.15) is 43.2 Å². The molecule has 0 heterocycles. The topological polar surface area (TPSA) is 62.8 Å². The summed E-state index contributed by atoms with van der Waals surface area (Å²) in [6.45, 7) is 1.56. The summed E-state index contributed by atoms with van der Waals surface area (Å²) >= 11 is 0. The molecule has 0 spiro atoms. The van der Waals surface area contributed by atoms with Crippen LogP contribution in [0, 0.1) is 0 Å². The molecule has 2 aromatic rings. The van der Waals surface area contributed by atoms with Gasteiger partial charge in [0, 0.05) is 24.8 Å². The second kappa shape index (κ2) is 11.6. The Morgan fingerprint density at radius 1 is 1.03 bits per heavy atom. The third-order valence-corrected chi connectivity index (χ3v) is 6.01. The molecule has 2 N–H and O–H groups in total. The van der Waals surface area contributed by atoms with Crippen LogP contribution in [0.25, 0.3) is 0 Å². The second-order valence-electron chi connectivity index (χ2n) is 8.18. The number of para-hydroxylation sites is 1. The number of ether oxygens (including phenoxy) is 2. The Bertz CT molecular complexity index is 850. The van der Waals surface area contributed by atoms with Gasteiger partial charge in [0.1, 0.15) is 0 Å². The standard InChI is InChI=1S/C25H35N3O3/c1-28(21-10-5-4-6-11-21)18-20-9-7-8-12-22(20)26-17-25(29)27-16-19-13-14-23(30-2)24(15-19)31-3/h7-9,12-15,21,26H,4-6,10-11,16-18H2,1-3H3,(H,27,29). The highest BCUT2D eigenvalue weighted by Crippen LogP contribution is 2.27. The summed E-state index contributed by atoms with van der Waals surface area (Å²) in [7, 11) is 5.42. The first kappa shape index (κ1) is 22.9. The van der Waals surface area contributed by atoms with Gasteiger partial charge in [0.25, 0.3) is 0 Å². The first-order valence-electron chi connectivity index (χ1n) is 11.1. The zero-order chi connectivity index (χ0) is 22.1. The van der Waals surface area contributed by atoms with E-state index in [0.29, 0.717) is 24.1 Å². The van der Waals surface area contributed by atoms with E-state index in [1.807, 2.05) is 30.3 Å². The average molecular weight is 426 g/mol. The number of carbonyl (C=O) groups excluding carboxylic acids is 1. The summed E-state index contributed by atoms with van der Waals surface area (Å²) in [6, 6.07) is 14.6. The van der Waals surface area contributed by atoms with Crippen LogP contribution in [0.4, 0.5) is 5.69 Å². The molecule has 0 atom stereocenters. The van der Waals surface area contributed by atoms with Crippen LogP contribution in [-0.4, -0.2) is 44.7 Å². The van der Waals surface area contributed by atoms with Gasteiger partial charge in [-0.05, 0) is 49.2 Å². The van der Waals surface area contributed by atoms with E-state index in [4.69, 9.17) is 9.47 Å². The van der Waals surface area contributed by atoms with Gasteiger partial charge in [0.05, 0.1) is 20.8 Å². The molecular formula is C25H35N3O3. The molecule has 2 aromatic carbocycles. The van der Waals surface area contributed by atoms with Gasteiger partial charge in [0.2, 0.25) is 5.91 Å². The lowest BCUT2D eigenvalue weighted by Crippen LogP contribution is -2.33. The number of amides is 1.